The minimum Gasteiger partial charge on any atom is -0.399 e. The number of rotatable bonds is 2. The molecule has 3 N–H and O–H groups in total. The Bertz CT molecular complexity index is 455. The average molecular weight is 248 g/mol. The van der Waals surface area contributed by atoms with E-state index in [1.54, 1.807) is 24.0 Å². The van der Waals surface area contributed by atoms with Crippen LogP contribution in [0.4, 0.5) is 5.69 Å². The van der Waals surface area contributed by atoms with Gasteiger partial charge in [0, 0.05) is 5.69 Å². The summed E-state index contributed by atoms with van der Waals surface area (Å²) >= 11 is 0. The Balaban J connectivity index is 2.16. The molecule has 0 radical (unpaired) electrons. The molecule has 2 rings (SSSR count). The van der Waals surface area contributed by atoms with E-state index < -0.39 is 11.0 Å². The summed E-state index contributed by atoms with van der Waals surface area (Å²) in [4.78, 5) is 14.1. The molecular weight excluding hydrogens is 228 g/mol. The van der Waals surface area contributed by atoms with E-state index >= 15 is 0 Å². The van der Waals surface area contributed by atoms with Crippen LogP contribution in [0.25, 0.3) is 0 Å². The van der Waals surface area contributed by atoms with E-state index in [-0.39, 0.29) is 5.91 Å². The van der Waals surface area contributed by atoms with Crippen molar-refractivity contribution in [2.24, 2.45) is 0 Å². The molecule has 0 spiro atoms. The van der Waals surface area contributed by atoms with Crippen LogP contribution in [0.1, 0.15) is 26.3 Å². The van der Waals surface area contributed by atoms with Gasteiger partial charge in [-0.3, -0.25) is 4.79 Å². The summed E-state index contributed by atoms with van der Waals surface area (Å²) in [5.41, 5.74) is 5.95. The van der Waals surface area contributed by atoms with Gasteiger partial charge in [-0.1, -0.05) is 12.1 Å². The van der Waals surface area contributed by atoms with Gasteiger partial charge in [0.15, 0.2) is 0 Å². The number of amides is 1. The maximum atomic E-state index is 12.4. The third-order valence-electron chi connectivity index (χ3n) is 3.52. The molecule has 4 nitrogen and oxygen atoms in total. The Hall–Kier alpha value is -1.55. The fourth-order valence-corrected chi connectivity index (χ4v) is 2.34. The number of anilines is 1. The molecule has 0 unspecified atom stereocenters. The van der Waals surface area contributed by atoms with Gasteiger partial charge < -0.3 is 15.7 Å². The van der Waals surface area contributed by atoms with Gasteiger partial charge in [0.2, 0.25) is 5.91 Å². The molecule has 1 amide bonds. The topological polar surface area (TPSA) is 66.6 Å². The van der Waals surface area contributed by atoms with Crippen molar-refractivity contribution in [2.75, 3.05) is 18.8 Å². The van der Waals surface area contributed by atoms with Gasteiger partial charge in [-0.15, -0.1) is 0 Å². The highest BCUT2D eigenvalue weighted by Gasteiger charge is 2.44. The van der Waals surface area contributed by atoms with Gasteiger partial charge in [0.05, 0.1) is 24.1 Å². The van der Waals surface area contributed by atoms with Crippen LogP contribution in [0.3, 0.4) is 0 Å². The first-order valence-corrected chi connectivity index (χ1v) is 6.10. The highest BCUT2D eigenvalue weighted by atomic mass is 16.3. The zero-order valence-electron chi connectivity index (χ0n) is 11.1. The first-order valence-electron chi connectivity index (χ1n) is 6.10. The number of aliphatic hydroxyl groups is 1. The smallest absolute Gasteiger partial charge is 0.232 e. The van der Waals surface area contributed by atoms with Crippen molar-refractivity contribution in [1.29, 1.82) is 0 Å². The van der Waals surface area contributed by atoms with Crippen molar-refractivity contribution in [3.05, 3.63) is 29.8 Å². The number of hydrogen-bond donors (Lipinski definition) is 2. The second-order valence-corrected chi connectivity index (χ2v) is 5.91. The van der Waals surface area contributed by atoms with Gasteiger partial charge in [-0.25, -0.2) is 0 Å². The molecule has 1 aliphatic rings. The Morgan fingerprint density at radius 3 is 2.28 bits per heavy atom. The SMILES string of the molecule is CC1(O)CN(C(=O)C(C)(C)c2ccc(N)cc2)C1. The molecule has 0 atom stereocenters. The number of nitrogens with zero attached hydrogens (tertiary/aromatic N) is 1. The van der Waals surface area contributed by atoms with Gasteiger partial charge in [0.25, 0.3) is 0 Å². The van der Waals surface area contributed by atoms with Gasteiger partial charge in [-0.2, -0.15) is 0 Å². The third kappa shape index (κ3) is 2.20. The standard InChI is InChI=1S/C14H20N2O2/c1-13(2,10-4-6-11(15)7-5-10)12(17)16-8-14(3,18)9-16/h4-7,18H,8-9,15H2,1-3H3. The van der Waals surface area contributed by atoms with E-state index in [2.05, 4.69) is 0 Å². The molecule has 98 valence electrons. The zero-order chi connectivity index (χ0) is 13.6. The number of likely N-dealkylation sites (tertiary alicyclic amines) is 1. The number of hydrogen-bond acceptors (Lipinski definition) is 3. The Morgan fingerprint density at radius 1 is 1.33 bits per heavy atom. The van der Waals surface area contributed by atoms with Crippen molar-refractivity contribution in [2.45, 2.75) is 31.8 Å². The predicted octanol–water partition coefficient (Wildman–Crippen LogP) is 1.14. The molecule has 0 saturated carbocycles. The normalized spacial score (nSPS) is 18.3. The van der Waals surface area contributed by atoms with E-state index in [4.69, 9.17) is 5.73 Å². The maximum absolute atomic E-state index is 12.4. The lowest BCUT2D eigenvalue weighted by Gasteiger charge is -2.47. The van der Waals surface area contributed by atoms with Crippen LogP contribution in [0.5, 0.6) is 0 Å². The molecular formula is C14H20N2O2. The summed E-state index contributed by atoms with van der Waals surface area (Å²) in [6.45, 7) is 6.35. The predicted molar refractivity (Wildman–Crippen MR) is 71.1 cm³/mol. The highest BCUT2D eigenvalue weighted by Crippen LogP contribution is 2.30. The van der Waals surface area contributed by atoms with E-state index in [0.717, 1.165) is 5.56 Å². The first kappa shape index (κ1) is 12.9. The number of nitrogens with two attached hydrogens (primary N) is 1. The van der Waals surface area contributed by atoms with Crippen LogP contribution >= 0.6 is 0 Å². The average Bonchev–Trinajstić information content (AvgIpc) is 2.25. The van der Waals surface area contributed by atoms with Crippen LogP contribution < -0.4 is 5.73 Å². The van der Waals surface area contributed by atoms with E-state index in [1.807, 2.05) is 26.0 Å². The van der Waals surface area contributed by atoms with Gasteiger partial charge in [-0.05, 0) is 38.5 Å². The van der Waals surface area contributed by atoms with Crippen molar-refractivity contribution in [1.82, 2.24) is 4.90 Å². The second kappa shape index (κ2) is 3.99. The number of β-amino-alcohol motifs (C(OH)–C–C–N with tert-alkyl or cyclic N) is 1. The molecule has 0 aliphatic carbocycles. The minimum atomic E-state index is -0.729. The molecule has 1 heterocycles. The number of carbonyl (C=O) groups excluding carboxylic acids is 1. The summed E-state index contributed by atoms with van der Waals surface area (Å²) in [6.07, 6.45) is 0. The molecule has 0 aromatic heterocycles. The lowest BCUT2D eigenvalue weighted by Crippen LogP contribution is -2.64. The summed E-state index contributed by atoms with van der Waals surface area (Å²) in [6, 6.07) is 7.36. The molecule has 1 aromatic rings. The van der Waals surface area contributed by atoms with E-state index in [9.17, 15) is 9.90 Å². The fraction of sp³-hybridized carbons (Fsp3) is 0.500. The van der Waals surface area contributed by atoms with Crippen LogP contribution in [-0.2, 0) is 10.2 Å². The zero-order valence-corrected chi connectivity index (χ0v) is 11.1. The molecule has 1 fully saturated rings. The molecule has 1 saturated heterocycles. The highest BCUT2D eigenvalue weighted by molar-refractivity contribution is 5.88. The second-order valence-electron chi connectivity index (χ2n) is 5.91. The van der Waals surface area contributed by atoms with E-state index in [0.29, 0.717) is 18.8 Å². The lowest BCUT2D eigenvalue weighted by molar-refractivity contribution is -0.157. The van der Waals surface area contributed by atoms with Gasteiger partial charge >= 0.3 is 0 Å². The van der Waals surface area contributed by atoms with E-state index in [1.165, 1.54) is 0 Å². The molecule has 4 heteroatoms. The Kier molecular flexibility index (Phi) is 2.86. The lowest BCUT2D eigenvalue weighted by atomic mass is 9.81. The van der Waals surface area contributed by atoms with Crippen molar-refractivity contribution in [3.63, 3.8) is 0 Å². The number of benzene rings is 1. The van der Waals surface area contributed by atoms with Crippen LogP contribution in [0, 0.1) is 0 Å². The maximum Gasteiger partial charge on any atom is 0.232 e. The molecule has 0 bridgehead atoms. The minimum absolute atomic E-state index is 0.0406. The monoisotopic (exact) mass is 248 g/mol. The molecule has 18 heavy (non-hydrogen) atoms. The number of nitrogen functional groups attached to an aromatic ring is 1. The number of carbonyl (C=O) groups is 1. The fourth-order valence-electron chi connectivity index (χ4n) is 2.34. The van der Waals surface area contributed by atoms with Crippen molar-refractivity contribution in [3.8, 4) is 0 Å². The molecule has 1 aliphatic heterocycles. The Labute approximate surface area is 107 Å². The van der Waals surface area contributed by atoms with Crippen molar-refractivity contribution >= 4 is 11.6 Å². The van der Waals surface area contributed by atoms with Crippen LogP contribution in [-0.4, -0.2) is 34.6 Å². The summed E-state index contributed by atoms with van der Waals surface area (Å²) in [5.74, 6) is 0.0406. The largest absolute Gasteiger partial charge is 0.399 e. The Morgan fingerprint density at radius 2 is 1.83 bits per heavy atom. The first-order chi connectivity index (χ1) is 8.22. The van der Waals surface area contributed by atoms with Crippen molar-refractivity contribution < 1.29 is 9.90 Å². The summed E-state index contributed by atoms with van der Waals surface area (Å²) < 4.78 is 0. The summed E-state index contributed by atoms with van der Waals surface area (Å²) in [7, 11) is 0. The quantitative estimate of drug-likeness (QED) is 0.771. The van der Waals surface area contributed by atoms with Crippen LogP contribution in [0.15, 0.2) is 24.3 Å². The van der Waals surface area contributed by atoms with Gasteiger partial charge in [0.1, 0.15) is 0 Å². The molecule has 1 aromatic carbocycles. The van der Waals surface area contributed by atoms with Crippen LogP contribution in [0.2, 0.25) is 0 Å². The summed E-state index contributed by atoms with van der Waals surface area (Å²) in [5, 5.41) is 9.69. The third-order valence-corrected chi connectivity index (χ3v) is 3.52.